The second-order valence-corrected chi connectivity index (χ2v) is 6.20. The van der Waals surface area contributed by atoms with Crippen LogP contribution in [-0.4, -0.2) is 30.0 Å². The van der Waals surface area contributed by atoms with E-state index in [1.165, 1.54) is 0 Å². The maximum atomic E-state index is 11.8. The van der Waals surface area contributed by atoms with E-state index in [-0.39, 0.29) is 28.5 Å². The summed E-state index contributed by atoms with van der Waals surface area (Å²) in [4.78, 5) is 24.8. The number of nitro benzene ring substituents is 1. The molecule has 0 bridgehead atoms. The standard InChI is InChI=1S/C16H23N3O3/c1-11(2)16(20)17-13-5-4-8-18(10-13)14-7-6-12(3)9-15(14)19(21)22/h6-7,9,11,13H,4-5,8,10H2,1-3H3,(H,17,20). The number of nitro groups is 1. The summed E-state index contributed by atoms with van der Waals surface area (Å²) in [6.07, 6.45) is 1.82. The number of benzene rings is 1. The molecule has 1 saturated heterocycles. The van der Waals surface area contributed by atoms with Crippen LogP contribution >= 0.6 is 0 Å². The molecule has 1 aliphatic heterocycles. The van der Waals surface area contributed by atoms with Gasteiger partial charge in [0.05, 0.1) is 4.92 Å². The summed E-state index contributed by atoms with van der Waals surface area (Å²) < 4.78 is 0. The molecule has 6 nitrogen and oxygen atoms in total. The number of piperidine rings is 1. The van der Waals surface area contributed by atoms with Gasteiger partial charge in [-0.1, -0.05) is 19.9 Å². The third kappa shape index (κ3) is 3.75. The van der Waals surface area contributed by atoms with Gasteiger partial charge in [0.25, 0.3) is 5.69 Å². The molecule has 1 atom stereocenters. The van der Waals surface area contributed by atoms with Crippen LogP contribution in [-0.2, 0) is 4.79 Å². The van der Waals surface area contributed by atoms with Crippen molar-refractivity contribution >= 4 is 17.3 Å². The molecule has 1 N–H and O–H groups in total. The number of aryl methyl sites for hydroxylation is 1. The van der Waals surface area contributed by atoms with Gasteiger partial charge < -0.3 is 10.2 Å². The van der Waals surface area contributed by atoms with Crippen LogP contribution in [0.2, 0.25) is 0 Å². The number of nitrogens with zero attached hydrogens (tertiary/aromatic N) is 2. The lowest BCUT2D eigenvalue weighted by molar-refractivity contribution is -0.384. The summed E-state index contributed by atoms with van der Waals surface area (Å²) in [7, 11) is 0. The van der Waals surface area contributed by atoms with E-state index in [9.17, 15) is 14.9 Å². The van der Waals surface area contributed by atoms with Gasteiger partial charge in [-0.3, -0.25) is 14.9 Å². The monoisotopic (exact) mass is 305 g/mol. The topological polar surface area (TPSA) is 75.5 Å². The van der Waals surface area contributed by atoms with Crippen molar-refractivity contribution in [3.8, 4) is 0 Å². The predicted molar refractivity (Wildman–Crippen MR) is 86.0 cm³/mol. The number of rotatable bonds is 4. The first-order chi connectivity index (χ1) is 10.4. The molecule has 0 spiro atoms. The fourth-order valence-electron chi connectivity index (χ4n) is 2.73. The van der Waals surface area contributed by atoms with Crippen LogP contribution in [0.4, 0.5) is 11.4 Å². The fraction of sp³-hybridized carbons (Fsp3) is 0.562. The van der Waals surface area contributed by atoms with Crippen molar-refractivity contribution in [2.24, 2.45) is 5.92 Å². The summed E-state index contributed by atoms with van der Waals surface area (Å²) in [5, 5.41) is 14.3. The van der Waals surface area contributed by atoms with Crippen LogP contribution in [0.5, 0.6) is 0 Å². The summed E-state index contributed by atoms with van der Waals surface area (Å²) in [5.74, 6) is -0.0191. The minimum Gasteiger partial charge on any atom is -0.364 e. The zero-order chi connectivity index (χ0) is 16.3. The maximum absolute atomic E-state index is 11.8. The Morgan fingerprint density at radius 1 is 1.45 bits per heavy atom. The number of carbonyl (C=O) groups is 1. The summed E-state index contributed by atoms with van der Waals surface area (Å²) in [5.41, 5.74) is 1.65. The third-order valence-corrected chi connectivity index (χ3v) is 3.96. The van der Waals surface area contributed by atoms with E-state index in [1.807, 2.05) is 31.7 Å². The van der Waals surface area contributed by atoms with Crippen molar-refractivity contribution in [1.29, 1.82) is 0 Å². The number of carbonyl (C=O) groups excluding carboxylic acids is 1. The van der Waals surface area contributed by atoms with Crippen LogP contribution < -0.4 is 10.2 Å². The molecule has 22 heavy (non-hydrogen) atoms. The van der Waals surface area contributed by atoms with E-state index in [4.69, 9.17) is 0 Å². The number of hydrogen-bond donors (Lipinski definition) is 1. The Hall–Kier alpha value is -2.11. The molecule has 0 radical (unpaired) electrons. The number of anilines is 1. The Kier molecular flexibility index (Phi) is 5.00. The smallest absolute Gasteiger partial charge is 0.292 e. The van der Waals surface area contributed by atoms with Crippen molar-refractivity contribution < 1.29 is 9.72 Å². The molecule has 2 rings (SSSR count). The molecule has 0 aliphatic carbocycles. The van der Waals surface area contributed by atoms with Crippen LogP contribution in [0, 0.1) is 23.0 Å². The van der Waals surface area contributed by atoms with Crippen molar-refractivity contribution in [2.75, 3.05) is 18.0 Å². The first kappa shape index (κ1) is 16.3. The van der Waals surface area contributed by atoms with E-state index < -0.39 is 0 Å². The Labute approximate surface area is 130 Å². The van der Waals surface area contributed by atoms with Gasteiger partial charge in [0, 0.05) is 31.1 Å². The van der Waals surface area contributed by atoms with Gasteiger partial charge in [-0.2, -0.15) is 0 Å². The second-order valence-electron chi connectivity index (χ2n) is 6.20. The van der Waals surface area contributed by atoms with E-state index in [2.05, 4.69) is 5.32 Å². The highest BCUT2D eigenvalue weighted by molar-refractivity contribution is 5.78. The predicted octanol–water partition coefficient (Wildman–Crippen LogP) is 2.64. The average Bonchev–Trinajstić information content (AvgIpc) is 2.47. The molecule has 1 aliphatic rings. The van der Waals surface area contributed by atoms with E-state index in [1.54, 1.807) is 12.1 Å². The largest absolute Gasteiger partial charge is 0.364 e. The van der Waals surface area contributed by atoms with Crippen LogP contribution in [0.1, 0.15) is 32.3 Å². The van der Waals surface area contributed by atoms with Gasteiger partial charge >= 0.3 is 0 Å². The lowest BCUT2D eigenvalue weighted by Gasteiger charge is -2.34. The Balaban J connectivity index is 2.16. The highest BCUT2D eigenvalue weighted by atomic mass is 16.6. The lowest BCUT2D eigenvalue weighted by atomic mass is 10.0. The van der Waals surface area contributed by atoms with Gasteiger partial charge in [0.15, 0.2) is 0 Å². The summed E-state index contributed by atoms with van der Waals surface area (Å²) in [6, 6.07) is 5.34. The first-order valence-corrected chi connectivity index (χ1v) is 7.69. The quantitative estimate of drug-likeness (QED) is 0.685. The van der Waals surface area contributed by atoms with Crippen molar-refractivity contribution in [3.05, 3.63) is 33.9 Å². The van der Waals surface area contributed by atoms with Crippen molar-refractivity contribution in [1.82, 2.24) is 5.32 Å². The molecular weight excluding hydrogens is 282 g/mol. The normalized spacial score (nSPS) is 18.4. The van der Waals surface area contributed by atoms with Gasteiger partial charge in [0.2, 0.25) is 5.91 Å². The number of hydrogen-bond acceptors (Lipinski definition) is 4. The average molecular weight is 305 g/mol. The summed E-state index contributed by atoms with van der Waals surface area (Å²) in [6.45, 7) is 6.96. The van der Waals surface area contributed by atoms with Crippen LogP contribution in [0.25, 0.3) is 0 Å². The Bertz CT molecular complexity index is 572. The summed E-state index contributed by atoms with van der Waals surface area (Å²) >= 11 is 0. The van der Waals surface area contributed by atoms with E-state index >= 15 is 0 Å². The molecule has 0 saturated carbocycles. The Morgan fingerprint density at radius 3 is 2.82 bits per heavy atom. The first-order valence-electron chi connectivity index (χ1n) is 7.69. The zero-order valence-electron chi connectivity index (χ0n) is 13.3. The minimum absolute atomic E-state index is 0.0326. The van der Waals surface area contributed by atoms with Gasteiger partial charge in [-0.25, -0.2) is 0 Å². The van der Waals surface area contributed by atoms with Gasteiger partial charge in [-0.05, 0) is 31.4 Å². The maximum Gasteiger partial charge on any atom is 0.292 e. The van der Waals surface area contributed by atoms with E-state index in [0.717, 1.165) is 24.9 Å². The molecule has 1 fully saturated rings. The highest BCUT2D eigenvalue weighted by Gasteiger charge is 2.26. The van der Waals surface area contributed by atoms with Crippen molar-refractivity contribution in [3.63, 3.8) is 0 Å². The highest BCUT2D eigenvalue weighted by Crippen LogP contribution is 2.31. The van der Waals surface area contributed by atoms with Crippen molar-refractivity contribution in [2.45, 2.75) is 39.7 Å². The lowest BCUT2D eigenvalue weighted by Crippen LogP contribution is -2.48. The molecule has 1 aromatic carbocycles. The molecule has 1 heterocycles. The second kappa shape index (κ2) is 6.77. The fourth-order valence-corrected chi connectivity index (χ4v) is 2.73. The Morgan fingerprint density at radius 2 is 2.18 bits per heavy atom. The minimum atomic E-state index is -0.335. The molecule has 0 aromatic heterocycles. The molecule has 6 heteroatoms. The molecule has 120 valence electrons. The van der Waals surface area contributed by atoms with Gasteiger partial charge in [-0.15, -0.1) is 0 Å². The number of amides is 1. The van der Waals surface area contributed by atoms with Crippen LogP contribution in [0.15, 0.2) is 18.2 Å². The SMILES string of the molecule is Cc1ccc(N2CCCC(NC(=O)C(C)C)C2)c([N+](=O)[O-])c1. The van der Waals surface area contributed by atoms with Crippen LogP contribution in [0.3, 0.4) is 0 Å². The van der Waals surface area contributed by atoms with E-state index in [0.29, 0.717) is 12.2 Å². The molecule has 1 amide bonds. The number of nitrogens with one attached hydrogen (secondary N) is 1. The molecular formula is C16H23N3O3. The van der Waals surface area contributed by atoms with Gasteiger partial charge in [0.1, 0.15) is 5.69 Å². The third-order valence-electron chi connectivity index (χ3n) is 3.96. The molecule has 1 unspecified atom stereocenters. The molecule has 1 aromatic rings. The zero-order valence-corrected chi connectivity index (χ0v) is 13.3.